The van der Waals surface area contributed by atoms with Gasteiger partial charge in [0, 0.05) is 28.8 Å². The molecule has 112 valence electrons. The lowest BCUT2D eigenvalue weighted by Crippen LogP contribution is -2.24. The summed E-state index contributed by atoms with van der Waals surface area (Å²) in [6.07, 6.45) is 1.03. The van der Waals surface area contributed by atoms with Crippen molar-refractivity contribution in [2.45, 2.75) is 26.4 Å². The highest BCUT2D eigenvalue weighted by atomic mass is 79.9. The summed E-state index contributed by atoms with van der Waals surface area (Å²) in [6, 6.07) is 13.1. The van der Waals surface area contributed by atoms with E-state index in [9.17, 15) is 4.39 Å². The minimum absolute atomic E-state index is 0.168. The molecule has 0 amide bonds. The third-order valence-electron chi connectivity index (χ3n) is 3.31. The van der Waals surface area contributed by atoms with E-state index in [2.05, 4.69) is 33.8 Å². The number of hydrogen-bond donors (Lipinski definition) is 1. The molecule has 21 heavy (non-hydrogen) atoms. The van der Waals surface area contributed by atoms with Gasteiger partial charge in [-0.2, -0.15) is 0 Å². The van der Waals surface area contributed by atoms with Gasteiger partial charge in [0.05, 0.1) is 0 Å². The van der Waals surface area contributed by atoms with Gasteiger partial charge in [-0.3, -0.25) is 4.90 Å². The first-order valence-electron chi connectivity index (χ1n) is 7.09. The Kier molecular flexibility index (Phi) is 5.76. The maximum atomic E-state index is 14.0. The van der Waals surface area contributed by atoms with E-state index in [4.69, 9.17) is 5.73 Å². The maximum absolute atomic E-state index is 14.0. The highest BCUT2D eigenvalue weighted by Crippen LogP contribution is 2.18. The summed E-state index contributed by atoms with van der Waals surface area (Å²) in [5.74, 6) is -0.168. The van der Waals surface area contributed by atoms with E-state index in [1.54, 1.807) is 0 Å². The summed E-state index contributed by atoms with van der Waals surface area (Å²) in [4.78, 5) is 2.24. The third kappa shape index (κ3) is 4.83. The number of nitrogen functional groups attached to an aromatic ring is 1. The largest absolute Gasteiger partial charge is 0.399 e. The molecular weight excluding hydrogens is 331 g/mol. The number of benzene rings is 2. The number of rotatable bonds is 6. The predicted molar refractivity (Wildman–Crippen MR) is 89.4 cm³/mol. The monoisotopic (exact) mass is 350 g/mol. The van der Waals surface area contributed by atoms with Gasteiger partial charge in [-0.1, -0.05) is 41.1 Å². The van der Waals surface area contributed by atoms with Crippen LogP contribution in [0.5, 0.6) is 0 Å². The molecule has 0 aromatic heterocycles. The Morgan fingerprint density at radius 1 is 1.14 bits per heavy atom. The van der Waals surface area contributed by atoms with Crippen LogP contribution in [0.2, 0.25) is 0 Å². The van der Waals surface area contributed by atoms with Crippen molar-refractivity contribution >= 4 is 21.6 Å². The summed E-state index contributed by atoms with van der Waals surface area (Å²) in [6.45, 7) is 4.42. The molecule has 0 spiro atoms. The maximum Gasteiger partial charge on any atom is 0.128 e. The van der Waals surface area contributed by atoms with Crippen molar-refractivity contribution in [3.8, 4) is 0 Å². The van der Waals surface area contributed by atoms with Crippen LogP contribution in [0.1, 0.15) is 24.5 Å². The summed E-state index contributed by atoms with van der Waals surface area (Å²) in [5, 5.41) is 0. The Bertz CT molecular complexity index is 601. The first-order valence-corrected chi connectivity index (χ1v) is 7.88. The van der Waals surface area contributed by atoms with Crippen molar-refractivity contribution in [3.63, 3.8) is 0 Å². The van der Waals surface area contributed by atoms with Gasteiger partial charge in [-0.15, -0.1) is 0 Å². The minimum atomic E-state index is -0.168. The van der Waals surface area contributed by atoms with Crippen molar-refractivity contribution < 1.29 is 4.39 Å². The van der Waals surface area contributed by atoms with E-state index in [1.165, 1.54) is 6.07 Å². The molecule has 0 aliphatic heterocycles. The summed E-state index contributed by atoms with van der Waals surface area (Å²) in [7, 11) is 0. The second-order valence-electron chi connectivity index (χ2n) is 5.19. The lowest BCUT2D eigenvalue weighted by Gasteiger charge is -2.22. The number of halogens is 2. The van der Waals surface area contributed by atoms with E-state index in [0.717, 1.165) is 40.8 Å². The van der Waals surface area contributed by atoms with Gasteiger partial charge in [-0.05, 0) is 42.8 Å². The average Bonchev–Trinajstić information content (AvgIpc) is 2.42. The average molecular weight is 351 g/mol. The predicted octanol–water partition coefficient (Wildman–Crippen LogP) is 4.58. The molecule has 2 aromatic rings. The Morgan fingerprint density at radius 3 is 2.62 bits per heavy atom. The normalized spacial score (nSPS) is 11.0. The number of anilines is 1. The zero-order chi connectivity index (χ0) is 15.2. The van der Waals surface area contributed by atoms with Crippen LogP contribution in [0.4, 0.5) is 10.1 Å². The number of nitrogens with two attached hydrogens (primary N) is 1. The molecule has 0 unspecified atom stereocenters. The van der Waals surface area contributed by atoms with E-state index in [-0.39, 0.29) is 5.82 Å². The number of hydrogen-bond acceptors (Lipinski definition) is 2. The molecule has 2 rings (SSSR count). The van der Waals surface area contributed by atoms with Gasteiger partial charge in [0.25, 0.3) is 0 Å². The van der Waals surface area contributed by atoms with Crippen molar-refractivity contribution in [2.24, 2.45) is 0 Å². The zero-order valence-electron chi connectivity index (χ0n) is 12.2. The molecule has 0 aliphatic rings. The lowest BCUT2D eigenvalue weighted by molar-refractivity contribution is 0.253. The Hall–Kier alpha value is -1.39. The Labute approximate surface area is 133 Å². The molecule has 0 atom stereocenters. The number of nitrogens with zero attached hydrogens (tertiary/aromatic N) is 1. The molecular formula is C17H20BrFN2. The smallest absolute Gasteiger partial charge is 0.128 e. The fourth-order valence-electron chi connectivity index (χ4n) is 2.37. The second-order valence-corrected chi connectivity index (χ2v) is 6.11. The molecule has 2 nitrogen and oxygen atoms in total. The highest BCUT2D eigenvalue weighted by Gasteiger charge is 2.10. The molecule has 0 saturated heterocycles. The van der Waals surface area contributed by atoms with E-state index in [1.807, 2.05) is 30.3 Å². The first kappa shape index (κ1) is 16.0. The van der Waals surface area contributed by atoms with Crippen molar-refractivity contribution in [3.05, 3.63) is 63.9 Å². The van der Waals surface area contributed by atoms with Gasteiger partial charge in [0.2, 0.25) is 0 Å². The molecule has 0 fully saturated rings. The quantitative estimate of drug-likeness (QED) is 0.772. The van der Waals surface area contributed by atoms with Crippen molar-refractivity contribution in [1.82, 2.24) is 4.90 Å². The van der Waals surface area contributed by atoms with E-state index < -0.39 is 0 Å². The van der Waals surface area contributed by atoms with E-state index >= 15 is 0 Å². The van der Waals surface area contributed by atoms with E-state index in [0.29, 0.717) is 6.54 Å². The van der Waals surface area contributed by atoms with Gasteiger partial charge in [0.1, 0.15) is 5.82 Å². The first-order chi connectivity index (χ1) is 10.1. The van der Waals surface area contributed by atoms with Gasteiger partial charge < -0.3 is 5.73 Å². The van der Waals surface area contributed by atoms with Crippen LogP contribution in [0.25, 0.3) is 0 Å². The lowest BCUT2D eigenvalue weighted by atomic mass is 10.1. The standard InChI is InChI=1S/C17H20BrFN2/c1-2-8-21(11-13-4-3-5-16(20)9-13)12-14-6-7-15(18)10-17(14)19/h3-7,9-10H,2,8,11-12,20H2,1H3. The van der Waals surface area contributed by atoms with Crippen molar-refractivity contribution in [1.29, 1.82) is 0 Å². The van der Waals surface area contributed by atoms with Gasteiger partial charge in [0.15, 0.2) is 0 Å². The van der Waals surface area contributed by atoms with Crippen LogP contribution >= 0.6 is 15.9 Å². The summed E-state index contributed by atoms with van der Waals surface area (Å²) in [5.41, 5.74) is 8.45. The van der Waals surface area contributed by atoms with Gasteiger partial charge >= 0.3 is 0 Å². The van der Waals surface area contributed by atoms with Crippen LogP contribution in [-0.2, 0) is 13.1 Å². The summed E-state index contributed by atoms with van der Waals surface area (Å²) < 4.78 is 14.7. The van der Waals surface area contributed by atoms with Gasteiger partial charge in [-0.25, -0.2) is 4.39 Å². The van der Waals surface area contributed by atoms with Crippen LogP contribution in [0.15, 0.2) is 46.9 Å². The molecule has 0 aliphatic carbocycles. The molecule has 0 heterocycles. The Balaban J connectivity index is 2.11. The van der Waals surface area contributed by atoms with Crippen LogP contribution in [0, 0.1) is 5.82 Å². The zero-order valence-corrected chi connectivity index (χ0v) is 13.7. The highest BCUT2D eigenvalue weighted by molar-refractivity contribution is 9.10. The topological polar surface area (TPSA) is 29.3 Å². The summed E-state index contributed by atoms with van der Waals surface area (Å²) >= 11 is 3.29. The molecule has 0 saturated carbocycles. The molecule has 0 radical (unpaired) electrons. The second kappa shape index (κ2) is 7.57. The molecule has 2 aromatic carbocycles. The molecule has 4 heteroatoms. The van der Waals surface area contributed by atoms with Crippen LogP contribution < -0.4 is 5.73 Å². The Morgan fingerprint density at radius 2 is 1.95 bits per heavy atom. The SMILES string of the molecule is CCCN(Cc1cccc(N)c1)Cc1ccc(Br)cc1F. The fourth-order valence-corrected chi connectivity index (χ4v) is 2.70. The fraction of sp³-hybridized carbons (Fsp3) is 0.294. The van der Waals surface area contributed by atoms with Crippen molar-refractivity contribution in [2.75, 3.05) is 12.3 Å². The molecule has 0 bridgehead atoms. The van der Waals surface area contributed by atoms with Crippen LogP contribution in [0.3, 0.4) is 0 Å². The van der Waals surface area contributed by atoms with Crippen LogP contribution in [-0.4, -0.2) is 11.4 Å². The minimum Gasteiger partial charge on any atom is -0.399 e. The molecule has 2 N–H and O–H groups in total. The third-order valence-corrected chi connectivity index (χ3v) is 3.80.